The van der Waals surface area contributed by atoms with Crippen LogP contribution in [-0.2, 0) is 4.74 Å². The smallest absolute Gasteiger partial charge is 0.251 e. The number of nitrogens with one attached hydrogen (secondary N) is 1. The summed E-state index contributed by atoms with van der Waals surface area (Å²) in [7, 11) is 1.64. The van der Waals surface area contributed by atoms with E-state index in [1.807, 2.05) is 6.92 Å². The number of methoxy groups -OCH3 is 1. The molecule has 4 nitrogen and oxygen atoms in total. The van der Waals surface area contributed by atoms with Crippen molar-refractivity contribution < 1.29 is 14.6 Å². The zero-order chi connectivity index (χ0) is 14.8. The van der Waals surface area contributed by atoms with Gasteiger partial charge in [0, 0.05) is 37.3 Å². The first kappa shape index (κ1) is 16.2. The second kappa shape index (κ2) is 9.13. The van der Waals surface area contributed by atoms with Crippen molar-refractivity contribution in [2.75, 3.05) is 20.3 Å². The van der Waals surface area contributed by atoms with Gasteiger partial charge in [0.2, 0.25) is 0 Å². The Morgan fingerprint density at radius 1 is 1.40 bits per heavy atom. The average Bonchev–Trinajstić information content (AvgIpc) is 2.46. The van der Waals surface area contributed by atoms with Gasteiger partial charge in [0.1, 0.15) is 0 Å². The number of amides is 1. The highest BCUT2D eigenvalue weighted by Gasteiger charge is 2.09. The molecule has 1 unspecified atom stereocenters. The van der Waals surface area contributed by atoms with Crippen LogP contribution in [0.25, 0.3) is 0 Å². The molecule has 0 saturated carbocycles. The molecule has 1 rings (SSSR count). The average molecular weight is 275 g/mol. The second-order valence-corrected chi connectivity index (χ2v) is 4.51. The maximum atomic E-state index is 12.0. The van der Waals surface area contributed by atoms with E-state index in [1.165, 1.54) is 0 Å². The van der Waals surface area contributed by atoms with Crippen molar-refractivity contribution >= 4 is 5.91 Å². The lowest BCUT2D eigenvalue weighted by atomic mass is 10.1. The summed E-state index contributed by atoms with van der Waals surface area (Å²) in [5.41, 5.74) is 1.45. The summed E-state index contributed by atoms with van der Waals surface area (Å²) in [5.74, 6) is 5.67. The minimum atomic E-state index is -0.0940. The van der Waals surface area contributed by atoms with Gasteiger partial charge in [0.25, 0.3) is 5.91 Å². The van der Waals surface area contributed by atoms with Crippen molar-refractivity contribution in [2.45, 2.75) is 25.8 Å². The number of carbonyl (C=O) groups excluding carboxylic acids is 1. The number of hydrogen-bond acceptors (Lipinski definition) is 3. The molecule has 108 valence electrons. The predicted molar refractivity (Wildman–Crippen MR) is 78.4 cm³/mol. The topological polar surface area (TPSA) is 58.6 Å². The van der Waals surface area contributed by atoms with Gasteiger partial charge in [-0.3, -0.25) is 4.79 Å². The molecule has 0 aliphatic heterocycles. The van der Waals surface area contributed by atoms with Gasteiger partial charge >= 0.3 is 0 Å². The van der Waals surface area contributed by atoms with Crippen molar-refractivity contribution in [3.63, 3.8) is 0 Å². The van der Waals surface area contributed by atoms with Crippen molar-refractivity contribution in [3.8, 4) is 11.8 Å². The molecule has 0 aromatic heterocycles. The standard InChI is InChI=1S/C16H21NO3/c1-13(10-12-20-2)17-16(19)15-8-6-14(7-9-15)5-3-4-11-18/h6-9,13,18H,4,10-12H2,1-2H3,(H,17,19). The van der Waals surface area contributed by atoms with E-state index in [1.54, 1.807) is 31.4 Å². The van der Waals surface area contributed by atoms with Gasteiger partial charge in [-0.15, -0.1) is 0 Å². The van der Waals surface area contributed by atoms with E-state index in [9.17, 15) is 4.79 Å². The highest BCUT2D eigenvalue weighted by molar-refractivity contribution is 5.94. The molecule has 0 radical (unpaired) electrons. The molecule has 0 saturated heterocycles. The van der Waals surface area contributed by atoms with Crippen LogP contribution in [0.3, 0.4) is 0 Å². The van der Waals surface area contributed by atoms with Crippen molar-refractivity contribution in [2.24, 2.45) is 0 Å². The summed E-state index contributed by atoms with van der Waals surface area (Å²) in [4.78, 5) is 12.0. The van der Waals surface area contributed by atoms with Gasteiger partial charge < -0.3 is 15.2 Å². The summed E-state index contributed by atoms with van der Waals surface area (Å²) < 4.78 is 4.98. The second-order valence-electron chi connectivity index (χ2n) is 4.51. The van der Waals surface area contributed by atoms with Crippen LogP contribution in [0.4, 0.5) is 0 Å². The van der Waals surface area contributed by atoms with Gasteiger partial charge in [0.05, 0.1) is 6.61 Å². The summed E-state index contributed by atoms with van der Waals surface area (Å²) in [6, 6.07) is 7.19. The number of aliphatic hydroxyl groups excluding tert-OH is 1. The van der Waals surface area contributed by atoms with Crippen LogP contribution in [0.15, 0.2) is 24.3 Å². The number of ether oxygens (including phenoxy) is 1. The number of carbonyl (C=O) groups is 1. The third-order valence-electron chi connectivity index (χ3n) is 2.75. The van der Waals surface area contributed by atoms with E-state index in [4.69, 9.17) is 9.84 Å². The molecule has 0 aliphatic rings. The molecule has 0 spiro atoms. The Bertz CT molecular complexity index is 471. The van der Waals surface area contributed by atoms with Gasteiger partial charge in [0.15, 0.2) is 0 Å². The first-order valence-corrected chi connectivity index (χ1v) is 6.67. The fraction of sp³-hybridized carbons (Fsp3) is 0.438. The Labute approximate surface area is 120 Å². The minimum absolute atomic E-state index is 0.0624. The van der Waals surface area contributed by atoms with E-state index in [0.717, 1.165) is 12.0 Å². The van der Waals surface area contributed by atoms with E-state index >= 15 is 0 Å². The van der Waals surface area contributed by atoms with Crippen LogP contribution >= 0.6 is 0 Å². The highest BCUT2D eigenvalue weighted by Crippen LogP contribution is 2.04. The molecule has 4 heteroatoms. The first-order valence-electron chi connectivity index (χ1n) is 6.67. The van der Waals surface area contributed by atoms with Crippen LogP contribution in [0.2, 0.25) is 0 Å². The lowest BCUT2D eigenvalue weighted by molar-refractivity contribution is 0.0929. The summed E-state index contributed by atoms with van der Waals surface area (Å²) in [6.07, 6.45) is 1.24. The Kier molecular flexibility index (Phi) is 7.41. The Morgan fingerprint density at radius 3 is 2.70 bits per heavy atom. The van der Waals surface area contributed by atoms with E-state index in [-0.39, 0.29) is 18.6 Å². The number of rotatable bonds is 6. The van der Waals surface area contributed by atoms with Gasteiger partial charge in [-0.1, -0.05) is 11.8 Å². The molecule has 20 heavy (non-hydrogen) atoms. The van der Waals surface area contributed by atoms with Crippen molar-refractivity contribution in [3.05, 3.63) is 35.4 Å². The lowest BCUT2D eigenvalue weighted by Crippen LogP contribution is -2.33. The molecule has 1 atom stereocenters. The van der Waals surface area contributed by atoms with Crippen LogP contribution in [0, 0.1) is 11.8 Å². The number of hydrogen-bond donors (Lipinski definition) is 2. The normalized spacial score (nSPS) is 11.3. The Morgan fingerprint density at radius 2 is 2.10 bits per heavy atom. The Balaban J connectivity index is 2.55. The molecular weight excluding hydrogens is 254 g/mol. The minimum Gasteiger partial charge on any atom is -0.395 e. The van der Waals surface area contributed by atoms with Crippen LogP contribution in [0.1, 0.15) is 35.7 Å². The molecule has 1 aromatic carbocycles. The van der Waals surface area contributed by atoms with Gasteiger partial charge in [-0.05, 0) is 37.6 Å². The summed E-state index contributed by atoms with van der Waals surface area (Å²) >= 11 is 0. The molecular formula is C16H21NO3. The number of benzene rings is 1. The van der Waals surface area contributed by atoms with Crippen LogP contribution in [-0.4, -0.2) is 37.4 Å². The van der Waals surface area contributed by atoms with Crippen LogP contribution in [0.5, 0.6) is 0 Å². The van der Waals surface area contributed by atoms with Crippen LogP contribution < -0.4 is 5.32 Å². The largest absolute Gasteiger partial charge is 0.395 e. The summed E-state index contributed by atoms with van der Waals surface area (Å²) in [6.45, 7) is 2.64. The molecule has 0 bridgehead atoms. The number of aliphatic hydroxyl groups is 1. The van der Waals surface area contributed by atoms with Crippen molar-refractivity contribution in [1.82, 2.24) is 5.32 Å². The zero-order valence-corrected chi connectivity index (χ0v) is 12.0. The Hall–Kier alpha value is -1.83. The zero-order valence-electron chi connectivity index (χ0n) is 12.0. The predicted octanol–water partition coefficient (Wildman–Crippen LogP) is 1.58. The highest BCUT2D eigenvalue weighted by atomic mass is 16.5. The van der Waals surface area contributed by atoms with Gasteiger partial charge in [-0.25, -0.2) is 0 Å². The summed E-state index contributed by atoms with van der Waals surface area (Å²) in [5, 5.41) is 11.6. The molecule has 0 fully saturated rings. The van der Waals surface area contributed by atoms with Gasteiger partial charge in [-0.2, -0.15) is 0 Å². The SMILES string of the molecule is COCCC(C)NC(=O)c1ccc(C#CCCO)cc1. The monoisotopic (exact) mass is 275 g/mol. The third-order valence-corrected chi connectivity index (χ3v) is 2.75. The van der Waals surface area contributed by atoms with E-state index < -0.39 is 0 Å². The maximum absolute atomic E-state index is 12.0. The molecule has 0 heterocycles. The molecule has 1 amide bonds. The quantitative estimate of drug-likeness (QED) is 0.775. The molecule has 2 N–H and O–H groups in total. The third kappa shape index (κ3) is 5.87. The fourth-order valence-electron chi connectivity index (χ4n) is 1.60. The van der Waals surface area contributed by atoms with E-state index in [2.05, 4.69) is 17.2 Å². The maximum Gasteiger partial charge on any atom is 0.251 e. The fourth-order valence-corrected chi connectivity index (χ4v) is 1.60. The molecule has 1 aromatic rings. The lowest BCUT2D eigenvalue weighted by Gasteiger charge is -2.13. The molecule has 0 aliphatic carbocycles. The van der Waals surface area contributed by atoms with E-state index in [0.29, 0.717) is 18.6 Å². The van der Waals surface area contributed by atoms with Crippen molar-refractivity contribution in [1.29, 1.82) is 0 Å². The first-order chi connectivity index (χ1) is 9.67.